The number of rotatable bonds is 1. The van der Waals surface area contributed by atoms with Crippen LogP contribution in [0.2, 0.25) is 5.02 Å². The standard InChI is InChI=1S/C36H48ClN3O6S/c1-22-6-5-8-30(36-45-33-18-38-19-34(33)46-36)29-13-10-26(29)20-40-15-4-3-7-24-16-28(37)12-9-27(24)21-44-32-14-11-25(17-31(32)40)35(41)39-47(42,43)23(22)2/h9,11-12,14,16-17,22-23,26,29-30,33-34,36,38H,3-8,10,13,15,18-21H2,1-2H3,(H,39,41)/t22-,23+,26-,29+,30-,33-,34+,36?/m0/s1. The van der Waals surface area contributed by atoms with E-state index in [0.717, 1.165) is 93.8 Å². The van der Waals surface area contributed by atoms with Gasteiger partial charge >= 0.3 is 0 Å². The molecule has 2 saturated heterocycles. The van der Waals surface area contributed by atoms with Crippen molar-refractivity contribution in [1.29, 1.82) is 0 Å². The van der Waals surface area contributed by atoms with E-state index in [2.05, 4.69) is 14.9 Å². The number of carbonyl (C=O) groups is 1. The average Bonchev–Trinajstić information content (AvgIpc) is 3.64. The topological polar surface area (TPSA) is 106 Å². The van der Waals surface area contributed by atoms with Gasteiger partial charge in [-0.05, 0) is 111 Å². The number of benzene rings is 2. The first kappa shape index (κ1) is 33.1. The Labute approximate surface area is 284 Å². The van der Waals surface area contributed by atoms with Crippen molar-refractivity contribution in [3.05, 3.63) is 58.1 Å². The van der Waals surface area contributed by atoms with Gasteiger partial charge in [0, 0.05) is 42.7 Å². The Balaban J connectivity index is 1.24. The van der Waals surface area contributed by atoms with E-state index in [4.69, 9.17) is 25.8 Å². The number of ether oxygens (including phenoxy) is 3. The van der Waals surface area contributed by atoms with Crippen LogP contribution >= 0.6 is 11.6 Å². The Hall–Kier alpha value is -2.37. The van der Waals surface area contributed by atoms with Gasteiger partial charge in [-0.25, -0.2) is 13.1 Å². The summed E-state index contributed by atoms with van der Waals surface area (Å²) in [5.74, 6) is 1.10. The number of sulfonamides is 1. The van der Waals surface area contributed by atoms with Crippen LogP contribution in [0.1, 0.15) is 80.3 Å². The highest BCUT2D eigenvalue weighted by molar-refractivity contribution is 7.90. The molecule has 2 aromatic rings. The molecular formula is C36H48ClN3O6S. The number of hydrogen-bond acceptors (Lipinski definition) is 8. The van der Waals surface area contributed by atoms with Crippen LogP contribution in [0.25, 0.3) is 0 Å². The predicted octanol–water partition coefficient (Wildman–Crippen LogP) is 5.69. The highest BCUT2D eigenvalue weighted by Gasteiger charge is 2.48. The van der Waals surface area contributed by atoms with Gasteiger partial charge in [-0.1, -0.05) is 31.0 Å². The molecule has 2 bridgehead atoms. The Kier molecular flexibility index (Phi) is 9.77. The number of aryl methyl sites for hydroxylation is 1. The highest BCUT2D eigenvalue weighted by Crippen LogP contribution is 2.47. The Morgan fingerprint density at radius 1 is 0.894 bits per heavy atom. The van der Waals surface area contributed by atoms with Crippen molar-refractivity contribution in [2.24, 2.45) is 23.7 Å². The van der Waals surface area contributed by atoms with Crippen LogP contribution < -0.4 is 19.7 Å². The van der Waals surface area contributed by atoms with Crippen molar-refractivity contribution >= 4 is 33.2 Å². The zero-order valence-electron chi connectivity index (χ0n) is 27.5. The predicted molar refractivity (Wildman–Crippen MR) is 182 cm³/mol. The molecule has 1 amide bonds. The highest BCUT2D eigenvalue weighted by atomic mass is 35.5. The third kappa shape index (κ3) is 7.04. The van der Waals surface area contributed by atoms with Crippen molar-refractivity contribution in [3.63, 3.8) is 0 Å². The molecule has 3 fully saturated rings. The average molecular weight is 686 g/mol. The van der Waals surface area contributed by atoms with E-state index in [1.807, 2.05) is 37.3 Å². The van der Waals surface area contributed by atoms with Gasteiger partial charge in [0.15, 0.2) is 6.29 Å². The van der Waals surface area contributed by atoms with Gasteiger partial charge in [0.05, 0.1) is 10.9 Å². The maximum absolute atomic E-state index is 13.5. The van der Waals surface area contributed by atoms with E-state index >= 15 is 0 Å². The molecule has 2 N–H and O–H groups in total. The molecule has 11 heteroatoms. The number of amides is 1. The molecule has 4 aliphatic heterocycles. The molecule has 8 atom stereocenters. The first-order valence-electron chi connectivity index (χ1n) is 17.5. The van der Waals surface area contributed by atoms with Crippen molar-refractivity contribution in [2.75, 3.05) is 31.1 Å². The normalized spacial score (nSPS) is 34.4. The maximum Gasteiger partial charge on any atom is 0.264 e. The van der Waals surface area contributed by atoms with Gasteiger partial charge in [-0.2, -0.15) is 0 Å². The van der Waals surface area contributed by atoms with Crippen LogP contribution in [0.5, 0.6) is 5.75 Å². The smallest absolute Gasteiger partial charge is 0.264 e. The zero-order chi connectivity index (χ0) is 32.7. The van der Waals surface area contributed by atoms with Gasteiger partial charge in [-0.15, -0.1) is 0 Å². The third-order valence-corrected chi connectivity index (χ3v) is 13.7. The molecule has 1 aliphatic carbocycles. The number of fused-ring (bicyclic) bond motifs is 4. The minimum atomic E-state index is -3.90. The summed E-state index contributed by atoms with van der Waals surface area (Å²) in [5, 5.41) is 3.39. The molecule has 256 valence electrons. The van der Waals surface area contributed by atoms with E-state index in [9.17, 15) is 13.2 Å². The fourth-order valence-corrected chi connectivity index (χ4v) is 9.78. The number of carbonyl (C=O) groups excluding carboxylic acids is 1. The summed E-state index contributed by atoms with van der Waals surface area (Å²) in [4.78, 5) is 15.9. The van der Waals surface area contributed by atoms with E-state index in [0.29, 0.717) is 29.8 Å². The summed E-state index contributed by atoms with van der Waals surface area (Å²) in [5.41, 5.74) is 3.43. The first-order chi connectivity index (χ1) is 22.7. The minimum absolute atomic E-state index is 0.0963. The molecule has 7 rings (SSSR count). The monoisotopic (exact) mass is 685 g/mol. The maximum atomic E-state index is 13.5. The molecular weight excluding hydrogens is 638 g/mol. The van der Waals surface area contributed by atoms with E-state index < -0.39 is 21.2 Å². The molecule has 1 unspecified atom stereocenters. The fraction of sp³-hybridized carbons (Fsp3) is 0.639. The largest absolute Gasteiger partial charge is 0.487 e. The molecule has 0 radical (unpaired) electrons. The minimum Gasteiger partial charge on any atom is -0.487 e. The number of nitrogens with one attached hydrogen (secondary N) is 2. The molecule has 2 aromatic carbocycles. The molecule has 9 nitrogen and oxygen atoms in total. The van der Waals surface area contributed by atoms with Crippen molar-refractivity contribution in [1.82, 2.24) is 10.0 Å². The molecule has 4 heterocycles. The zero-order valence-corrected chi connectivity index (χ0v) is 29.0. The molecule has 0 aromatic heterocycles. The number of nitrogens with zero attached hydrogens (tertiary/aromatic N) is 1. The van der Waals surface area contributed by atoms with Crippen molar-refractivity contribution in [2.45, 2.75) is 95.6 Å². The fourth-order valence-electron chi connectivity index (χ4n) is 8.28. The molecule has 0 spiro atoms. The Morgan fingerprint density at radius 2 is 1.70 bits per heavy atom. The van der Waals surface area contributed by atoms with Crippen LogP contribution in [0.15, 0.2) is 36.4 Å². The summed E-state index contributed by atoms with van der Waals surface area (Å²) in [6.45, 7) is 7.32. The second-order valence-corrected chi connectivity index (χ2v) is 16.9. The van der Waals surface area contributed by atoms with E-state index in [1.54, 1.807) is 13.0 Å². The van der Waals surface area contributed by atoms with Gasteiger partial charge in [0.2, 0.25) is 10.0 Å². The molecule has 1 saturated carbocycles. The quantitative estimate of drug-likeness (QED) is 0.395. The van der Waals surface area contributed by atoms with E-state index in [1.165, 1.54) is 5.56 Å². The van der Waals surface area contributed by atoms with E-state index in [-0.39, 0.29) is 30.3 Å². The van der Waals surface area contributed by atoms with Gasteiger partial charge < -0.3 is 24.4 Å². The molecule has 5 aliphatic rings. The lowest BCUT2D eigenvalue weighted by atomic mass is 9.65. The summed E-state index contributed by atoms with van der Waals surface area (Å²) < 4.78 is 48.9. The van der Waals surface area contributed by atoms with Crippen LogP contribution in [-0.2, 0) is 32.5 Å². The SMILES string of the molecule is C[C@@H]1[C@@H](C)CCC[C@H](C2O[C@H]3CNC[C@H]3O2)[C@@H]2CC[C@H]2CN2CCCCc3cc(Cl)ccc3COc3ccc(cc32)C(=O)NS1(=O)=O. The van der Waals surface area contributed by atoms with Crippen LogP contribution in [0, 0.1) is 23.7 Å². The summed E-state index contributed by atoms with van der Waals surface area (Å²) >= 11 is 6.37. The lowest BCUT2D eigenvalue weighted by molar-refractivity contribution is -0.141. The third-order valence-electron chi connectivity index (χ3n) is 11.5. The second kappa shape index (κ2) is 13.9. The summed E-state index contributed by atoms with van der Waals surface area (Å²) in [7, 11) is -3.90. The molecule has 47 heavy (non-hydrogen) atoms. The Bertz CT molecular complexity index is 1560. The summed E-state index contributed by atoms with van der Waals surface area (Å²) in [6, 6.07) is 11.3. The first-order valence-corrected chi connectivity index (χ1v) is 19.5. The summed E-state index contributed by atoms with van der Waals surface area (Å²) in [6.07, 6.45) is 7.63. The van der Waals surface area contributed by atoms with Gasteiger partial charge in [0.25, 0.3) is 5.91 Å². The van der Waals surface area contributed by atoms with Crippen LogP contribution in [-0.4, -0.2) is 64.3 Å². The lowest BCUT2D eigenvalue weighted by Gasteiger charge is -2.46. The van der Waals surface area contributed by atoms with Crippen molar-refractivity contribution < 1.29 is 27.4 Å². The van der Waals surface area contributed by atoms with Gasteiger partial charge in [0.1, 0.15) is 24.6 Å². The Morgan fingerprint density at radius 3 is 2.47 bits per heavy atom. The van der Waals surface area contributed by atoms with Gasteiger partial charge in [-0.3, -0.25) is 4.79 Å². The van der Waals surface area contributed by atoms with Crippen molar-refractivity contribution in [3.8, 4) is 5.75 Å². The number of anilines is 1. The lowest BCUT2D eigenvalue weighted by Crippen LogP contribution is -2.45. The van der Waals surface area contributed by atoms with Crippen LogP contribution in [0.3, 0.4) is 0 Å². The number of halogens is 1. The van der Waals surface area contributed by atoms with Crippen LogP contribution in [0.4, 0.5) is 5.69 Å². The number of hydrogen-bond donors (Lipinski definition) is 2. The second-order valence-electron chi connectivity index (χ2n) is 14.4.